The van der Waals surface area contributed by atoms with Crippen LogP contribution < -0.4 is 16.0 Å². The zero-order chi connectivity index (χ0) is 21.2. The third-order valence-corrected chi connectivity index (χ3v) is 4.79. The van der Waals surface area contributed by atoms with Gasteiger partial charge in [0, 0.05) is 22.9 Å². The number of halogens is 2. The molecule has 1 saturated heterocycles. The van der Waals surface area contributed by atoms with Gasteiger partial charge in [0.25, 0.3) is 0 Å². The third kappa shape index (κ3) is 4.43. The molecule has 0 unspecified atom stereocenters. The summed E-state index contributed by atoms with van der Waals surface area (Å²) in [6, 6.07) is 5.72. The Morgan fingerprint density at radius 1 is 1.41 bits per heavy atom. The Morgan fingerprint density at radius 3 is 2.76 bits per heavy atom. The van der Waals surface area contributed by atoms with E-state index in [4.69, 9.17) is 10.8 Å². The molecule has 29 heavy (non-hydrogen) atoms. The van der Waals surface area contributed by atoms with E-state index in [-0.39, 0.29) is 35.0 Å². The Labute approximate surface area is 165 Å². The van der Waals surface area contributed by atoms with Gasteiger partial charge in [-0.25, -0.2) is 23.6 Å². The van der Waals surface area contributed by atoms with Crippen molar-refractivity contribution >= 4 is 17.9 Å². The summed E-state index contributed by atoms with van der Waals surface area (Å²) < 4.78 is 29.4. The van der Waals surface area contributed by atoms with Gasteiger partial charge in [-0.2, -0.15) is 0 Å². The number of aromatic nitrogens is 1. The molecule has 5 N–H and O–H groups in total. The molecule has 8 nitrogen and oxygen atoms in total. The number of hydrogen-bond acceptors (Lipinski definition) is 5. The summed E-state index contributed by atoms with van der Waals surface area (Å²) in [4.78, 5) is 20.0. The van der Waals surface area contributed by atoms with Crippen molar-refractivity contribution in [3.63, 3.8) is 0 Å². The van der Waals surface area contributed by atoms with E-state index in [1.807, 2.05) is 12.2 Å². The van der Waals surface area contributed by atoms with Crippen molar-refractivity contribution in [1.82, 2.24) is 10.3 Å². The monoisotopic (exact) mass is 405 g/mol. The Hall–Kier alpha value is -3.27. The van der Waals surface area contributed by atoms with E-state index in [2.05, 4.69) is 9.98 Å². The number of β-amino-alcohol motifs (C(OH)–C–C–N with tert-alkyl or cyclic N) is 1. The highest BCUT2D eigenvalue weighted by Gasteiger charge is 2.41. The van der Waals surface area contributed by atoms with E-state index in [1.165, 1.54) is 24.4 Å². The van der Waals surface area contributed by atoms with E-state index in [0.29, 0.717) is 19.5 Å². The maximum absolute atomic E-state index is 14.8. The second kappa shape index (κ2) is 8.00. The van der Waals surface area contributed by atoms with Gasteiger partial charge < -0.3 is 20.8 Å². The molecule has 1 fully saturated rings. The number of nitrogens with zero attached hydrogens (tertiary/aromatic N) is 3. The summed E-state index contributed by atoms with van der Waals surface area (Å²) in [5.74, 6) is -1.49. The Kier molecular flexibility index (Phi) is 5.64. The molecule has 0 saturated carbocycles. The lowest BCUT2D eigenvalue weighted by Crippen LogP contribution is -2.62. The van der Waals surface area contributed by atoms with Crippen LogP contribution in [0.2, 0.25) is 0 Å². The standard InChI is InChI=1S/C19H21F2N5O3/c1-2-19(29)9-26(10-19)16-14(20)6-12(8-23-16)13-5-3-4-11(15(13)21)7-24-17(22)25-18(27)28/h3-6,8,29H,2,7,9-10H2,1H3,(H,27,28)(H3,22,24,25). The van der Waals surface area contributed by atoms with Gasteiger partial charge in [0.15, 0.2) is 17.6 Å². The molecule has 1 aliphatic heterocycles. The number of rotatable bonds is 5. The smallest absolute Gasteiger partial charge is 0.411 e. The molecule has 0 radical (unpaired) electrons. The van der Waals surface area contributed by atoms with E-state index < -0.39 is 23.3 Å². The van der Waals surface area contributed by atoms with Crippen molar-refractivity contribution in [1.29, 1.82) is 0 Å². The highest BCUT2D eigenvalue weighted by atomic mass is 19.1. The molecule has 1 amide bonds. The maximum atomic E-state index is 14.8. The predicted octanol–water partition coefficient (Wildman–Crippen LogP) is 2.07. The van der Waals surface area contributed by atoms with Gasteiger partial charge >= 0.3 is 6.09 Å². The first kappa shape index (κ1) is 20.5. The normalized spacial score (nSPS) is 15.7. The van der Waals surface area contributed by atoms with Crippen LogP contribution in [-0.2, 0) is 6.54 Å². The van der Waals surface area contributed by atoms with E-state index in [9.17, 15) is 18.7 Å². The van der Waals surface area contributed by atoms with Crippen molar-refractivity contribution in [2.24, 2.45) is 10.7 Å². The summed E-state index contributed by atoms with van der Waals surface area (Å²) >= 11 is 0. The minimum atomic E-state index is -1.37. The molecule has 0 bridgehead atoms. The van der Waals surface area contributed by atoms with Crippen molar-refractivity contribution in [2.45, 2.75) is 25.5 Å². The number of carbonyl (C=O) groups is 1. The lowest BCUT2D eigenvalue weighted by Gasteiger charge is -2.46. The zero-order valence-electron chi connectivity index (χ0n) is 15.7. The van der Waals surface area contributed by atoms with Crippen molar-refractivity contribution in [3.05, 3.63) is 47.7 Å². The van der Waals surface area contributed by atoms with Crippen LogP contribution in [0, 0.1) is 11.6 Å². The van der Waals surface area contributed by atoms with Crippen LogP contribution in [0.25, 0.3) is 11.1 Å². The summed E-state index contributed by atoms with van der Waals surface area (Å²) in [6.07, 6.45) is 0.561. The minimum Gasteiger partial charge on any atom is -0.465 e. The Morgan fingerprint density at radius 2 is 2.14 bits per heavy atom. The van der Waals surface area contributed by atoms with Gasteiger partial charge in [-0.3, -0.25) is 5.32 Å². The van der Waals surface area contributed by atoms with Gasteiger partial charge in [0.05, 0.1) is 25.2 Å². The fourth-order valence-corrected chi connectivity index (χ4v) is 3.09. The fraction of sp³-hybridized carbons (Fsp3) is 0.316. The second-order valence-electron chi connectivity index (χ2n) is 6.87. The van der Waals surface area contributed by atoms with Crippen molar-refractivity contribution < 1.29 is 23.8 Å². The quantitative estimate of drug-likeness (QED) is 0.446. The molecule has 154 valence electrons. The number of nitrogens with one attached hydrogen (secondary N) is 1. The van der Waals surface area contributed by atoms with Gasteiger partial charge in [0.1, 0.15) is 5.82 Å². The Bertz CT molecular complexity index is 961. The minimum absolute atomic E-state index is 0.112. The highest BCUT2D eigenvalue weighted by molar-refractivity contribution is 5.92. The SMILES string of the molecule is CCC1(O)CN(c2ncc(-c3cccc(CN=C(N)NC(=O)O)c3F)cc2F)C1. The van der Waals surface area contributed by atoms with Crippen LogP contribution in [-0.4, -0.2) is 45.9 Å². The van der Waals surface area contributed by atoms with Crippen molar-refractivity contribution in [3.8, 4) is 11.1 Å². The molecule has 0 aliphatic carbocycles. The molecule has 3 rings (SSSR count). The predicted molar refractivity (Wildman–Crippen MR) is 104 cm³/mol. The largest absolute Gasteiger partial charge is 0.465 e. The highest BCUT2D eigenvalue weighted by Crippen LogP contribution is 2.32. The third-order valence-electron chi connectivity index (χ3n) is 4.79. The van der Waals surface area contributed by atoms with E-state index >= 15 is 0 Å². The first-order valence-corrected chi connectivity index (χ1v) is 8.93. The average molecular weight is 405 g/mol. The second-order valence-corrected chi connectivity index (χ2v) is 6.87. The molecule has 10 heteroatoms. The zero-order valence-corrected chi connectivity index (χ0v) is 15.7. The van der Waals surface area contributed by atoms with Crippen LogP contribution in [0.1, 0.15) is 18.9 Å². The lowest BCUT2D eigenvalue weighted by atomic mass is 9.91. The van der Waals surface area contributed by atoms with Gasteiger partial charge in [-0.15, -0.1) is 0 Å². The number of hydrogen-bond donors (Lipinski definition) is 4. The molecule has 2 aromatic rings. The lowest BCUT2D eigenvalue weighted by molar-refractivity contribution is 0.00769. The number of carboxylic acid groups (broad SMARTS) is 1. The first-order valence-electron chi connectivity index (χ1n) is 8.93. The fourth-order valence-electron chi connectivity index (χ4n) is 3.09. The number of amides is 1. The first-order chi connectivity index (χ1) is 13.7. The topological polar surface area (TPSA) is 124 Å². The van der Waals surface area contributed by atoms with Crippen LogP contribution in [0.3, 0.4) is 0 Å². The molecular weight excluding hydrogens is 384 g/mol. The van der Waals surface area contributed by atoms with E-state index in [1.54, 1.807) is 11.0 Å². The number of nitrogens with two attached hydrogens (primary N) is 1. The molecule has 0 atom stereocenters. The van der Waals surface area contributed by atoms with Gasteiger partial charge in [-0.1, -0.05) is 25.1 Å². The van der Waals surface area contributed by atoms with Crippen LogP contribution in [0.15, 0.2) is 35.5 Å². The molecule has 1 aliphatic rings. The molecule has 1 aromatic heterocycles. The molecule has 2 heterocycles. The average Bonchev–Trinajstić information content (AvgIpc) is 2.64. The number of anilines is 1. The number of pyridine rings is 1. The van der Waals surface area contributed by atoms with Gasteiger partial charge in [0.2, 0.25) is 0 Å². The number of aliphatic imine (C=N–C) groups is 1. The van der Waals surface area contributed by atoms with Crippen LogP contribution >= 0.6 is 0 Å². The summed E-state index contributed by atoms with van der Waals surface area (Å²) in [5, 5.41) is 20.5. The number of aliphatic hydroxyl groups is 1. The number of guanidine groups is 1. The van der Waals surface area contributed by atoms with Crippen LogP contribution in [0.5, 0.6) is 0 Å². The summed E-state index contributed by atoms with van der Waals surface area (Å²) in [5.41, 5.74) is 5.11. The molecule has 0 spiro atoms. The van der Waals surface area contributed by atoms with Crippen molar-refractivity contribution in [2.75, 3.05) is 18.0 Å². The molecule has 1 aromatic carbocycles. The summed E-state index contributed by atoms with van der Waals surface area (Å²) in [6.45, 7) is 2.25. The Balaban J connectivity index is 1.81. The maximum Gasteiger partial charge on any atom is 0.411 e. The van der Waals surface area contributed by atoms with Crippen LogP contribution in [0.4, 0.5) is 19.4 Å². The molecular formula is C19H21F2N5O3. The number of benzene rings is 1. The van der Waals surface area contributed by atoms with Gasteiger partial charge in [-0.05, 0) is 12.5 Å². The summed E-state index contributed by atoms with van der Waals surface area (Å²) in [7, 11) is 0. The van der Waals surface area contributed by atoms with E-state index in [0.717, 1.165) is 0 Å².